The number of rotatable bonds is 7. The maximum atomic E-state index is 9.30. The first-order valence-electron chi connectivity index (χ1n) is 6.68. The van der Waals surface area contributed by atoms with Gasteiger partial charge in [-0.2, -0.15) is 0 Å². The third kappa shape index (κ3) is 3.28. The Morgan fingerprint density at radius 2 is 1.95 bits per heavy atom. The standard InChI is InChI=1S/C16H21NO3/c1-19-11-13(10-18)17-9-15-14-6-4-3-5-12(14)7-8-16(15)20-2/h3-8,13,17-18H,9-11H2,1-2H3. The molecule has 0 aliphatic rings. The molecule has 2 aromatic carbocycles. The molecule has 0 radical (unpaired) electrons. The Labute approximate surface area is 119 Å². The first kappa shape index (κ1) is 14.8. The monoisotopic (exact) mass is 275 g/mol. The maximum Gasteiger partial charge on any atom is 0.123 e. The molecule has 20 heavy (non-hydrogen) atoms. The molecule has 0 aromatic heterocycles. The number of hydrogen-bond donors (Lipinski definition) is 2. The summed E-state index contributed by atoms with van der Waals surface area (Å²) in [6.45, 7) is 1.14. The molecule has 0 fully saturated rings. The Bertz CT molecular complexity index is 556. The van der Waals surface area contributed by atoms with Crippen molar-refractivity contribution in [1.29, 1.82) is 0 Å². The predicted molar refractivity (Wildman–Crippen MR) is 80.1 cm³/mol. The van der Waals surface area contributed by atoms with E-state index in [1.807, 2.05) is 18.2 Å². The van der Waals surface area contributed by atoms with E-state index in [-0.39, 0.29) is 12.6 Å². The predicted octanol–water partition coefficient (Wildman–Crippen LogP) is 1.95. The fourth-order valence-electron chi connectivity index (χ4n) is 2.31. The molecule has 0 aliphatic carbocycles. The topological polar surface area (TPSA) is 50.7 Å². The van der Waals surface area contributed by atoms with Crippen molar-refractivity contribution in [3.63, 3.8) is 0 Å². The van der Waals surface area contributed by atoms with Gasteiger partial charge in [-0.05, 0) is 16.8 Å². The van der Waals surface area contributed by atoms with Crippen molar-refractivity contribution >= 4 is 10.8 Å². The van der Waals surface area contributed by atoms with Gasteiger partial charge in [0, 0.05) is 19.2 Å². The van der Waals surface area contributed by atoms with Gasteiger partial charge in [0.2, 0.25) is 0 Å². The molecule has 1 unspecified atom stereocenters. The summed E-state index contributed by atoms with van der Waals surface area (Å²) in [6.07, 6.45) is 0. The van der Waals surface area contributed by atoms with E-state index in [4.69, 9.17) is 9.47 Å². The van der Waals surface area contributed by atoms with Gasteiger partial charge < -0.3 is 19.9 Å². The Balaban J connectivity index is 2.27. The van der Waals surface area contributed by atoms with Crippen LogP contribution in [0.1, 0.15) is 5.56 Å². The molecule has 2 rings (SSSR count). The van der Waals surface area contributed by atoms with E-state index in [1.165, 1.54) is 5.39 Å². The fraction of sp³-hybridized carbons (Fsp3) is 0.375. The van der Waals surface area contributed by atoms with Gasteiger partial charge in [-0.25, -0.2) is 0 Å². The van der Waals surface area contributed by atoms with Gasteiger partial charge in [-0.3, -0.25) is 0 Å². The van der Waals surface area contributed by atoms with Crippen LogP contribution in [-0.2, 0) is 11.3 Å². The lowest BCUT2D eigenvalue weighted by Crippen LogP contribution is -2.36. The summed E-state index contributed by atoms with van der Waals surface area (Å²) in [5.74, 6) is 0.852. The fourth-order valence-corrected chi connectivity index (χ4v) is 2.31. The van der Waals surface area contributed by atoms with Crippen molar-refractivity contribution in [1.82, 2.24) is 5.32 Å². The number of hydrogen-bond acceptors (Lipinski definition) is 4. The Morgan fingerprint density at radius 3 is 2.65 bits per heavy atom. The Hall–Kier alpha value is -1.62. The second kappa shape index (κ2) is 7.24. The summed E-state index contributed by atoms with van der Waals surface area (Å²) in [6, 6.07) is 12.1. The molecule has 0 bridgehead atoms. The second-order valence-corrected chi connectivity index (χ2v) is 4.68. The summed E-state index contributed by atoms with van der Waals surface area (Å²) >= 11 is 0. The molecular weight excluding hydrogens is 254 g/mol. The minimum atomic E-state index is -0.0799. The van der Waals surface area contributed by atoms with Gasteiger partial charge in [0.1, 0.15) is 5.75 Å². The van der Waals surface area contributed by atoms with Crippen LogP contribution >= 0.6 is 0 Å². The van der Waals surface area contributed by atoms with Gasteiger partial charge >= 0.3 is 0 Å². The number of methoxy groups -OCH3 is 2. The largest absolute Gasteiger partial charge is 0.496 e. The van der Waals surface area contributed by atoms with Crippen LogP contribution in [0.5, 0.6) is 5.75 Å². The molecule has 2 N–H and O–H groups in total. The normalized spacial score (nSPS) is 12.6. The first-order chi connectivity index (χ1) is 9.80. The molecule has 0 aliphatic heterocycles. The van der Waals surface area contributed by atoms with Crippen LogP contribution in [0, 0.1) is 0 Å². The van der Waals surface area contributed by atoms with Crippen LogP contribution in [0.15, 0.2) is 36.4 Å². The number of nitrogens with one attached hydrogen (secondary N) is 1. The summed E-state index contributed by atoms with van der Waals surface area (Å²) in [5, 5.41) is 14.9. The minimum absolute atomic E-state index is 0.0426. The quantitative estimate of drug-likeness (QED) is 0.811. The molecule has 0 amide bonds. The summed E-state index contributed by atoms with van der Waals surface area (Å²) in [7, 11) is 3.30. The average molecular weight is 275 g/mol. The minimum Gasteiger partial charge on any atom is -0.496 e. The van der Waals surface area contributed by atoms with Crippen molar-refractivity contribution in [2.75, 3.05) is 27.4 Å². The number of benzene rings is 2. The highest BCUT2D eigenvalue weighted by atomic mass is 16.5. The smallest absolute Gasteiger partial charge is 0.123 e. The third-order valence-electron chi connectivity index (χ3n) is 3.37. The van der Waals surface area contributed by atoms with Gasteiger partial charge in [0.15, 0.2) is 0 Å². The van der Waals surface area contributed by atoms with Gasteiger partial charge in [0.25, 0.3) is 0 Å². The van der Waals surface area contributed by atoms with Crippen molar-refractivity contribution in [2.45, 2.75) is 12.6 Å². The van der Waals surface area contributed by atoms with Crippen molar-refractivity contribution < 1.29 is 14.6 Å². The molecule has 4 heteroatoms. The van der Waals surface area contributed by atoms with E-state index in [1.54, 1.807) is 14.2 Å². The van der Waals surface area contributed by atoms with Crippen LogP contribution < -0.4 is 10.1 Å². The lowest BCUT2D eigenvalue weighted by Gasteiger charge is -2.18. The highest BCUT2D eigenvalue weighted by Gasteiger charge is 2.11. The van der Waals surface area contributed by atoms with Gasteiger partial charge in [0.05, 0.1) is 26.4 Å². The molecule has 2 aromatic rings. The molecule has 4 nitrogen and oxygen atoms in total. The van der Waals surface area contributed by atoms with E-state index in [0.29, 0.717) is 13.2 Å². The average Bonchev–Trinajstić information content (AvgIpc) is 2.51. The first-order valence-corrected chi connectivity index (χ1v) is 6.68. The number of fused-ring (bicyclic) bond motifs is 1. The molecule has 108 valence electrons. The molecule has 0 spiro atoms. The zero-order valence-corrected chi connectivity index (χ0v) is 11.9. The zero-order chi connectivity index (χ0) is 14.4. The SMILES string of the molecule is COCC(CO)NCc1c(OC)ccc2ccccc12. The molecule has 0 saturated carbocycles. The maximum absolute atomic E-state index is 9.30. The van der Waals surface area contributed by atoms with Crippen LogP contribution in [0.25, 0.3) is 10.8 Å². The molecular formula is C16H21NO3. The summed E-state index contributed by atoms with van der Waals surface area (Å²) in [4.78, 5) is 0. The zero-order valence-electron chi connectivity index (χ0n) is 11.9. The van der Waals surface area contributed by atoms with Crippen LogP contribution in [0.3, 0.4) is 0 Å². The van der Waals surface area contributed by atoms with Gasteiger partial charge in [-0.15, -0.1) is 0 Å². The summed E-state index contributed by atoms with van der Waals surface area (Å²) in [5.41, 5.74) is 1.10. The van der Waals surface area contributed by atoms with Crippen LogP contribution in [0.4, 0.5) is 0 Å². The van der Waals surface area contributed by atoms with E-state index in [0.717, 1.165) is 16.7 Å². The Kier molecular flexibility index (Phi) is 5.35. The van der Waals surface area contributed by atoms with Crippen LogP contribution in [-0.4, -0.2) is 38.6 Å². The lowest BCUT2D eigenvalue weighted by molar-refractivity contribution is 0.128. The van der Waals surface area contributed by atoms with Crippen LogP contribution in [0.2, 0.25) is 0 Å². The number of aliphatic hydroxyl groups is 1. The summed E-state index contributed by atoms with van der Waals surface area (Å²) < 4.78 is 10.5. The van der Waals surface area contributed by atoms with E-state index < -0.39 is 0 Å². The van der Waals surface area contributed by atoms with E-state index in [2.05, 4.69) is 23.5 Å². The van der Waals surface area contributed by atoms with E-state index >= 15 is 0 Å². The van der Waals surface area contributed by atoms with Crippen molar-refractivity contribution in [2.24, 2.45) is 0 Å². The molecule has 0 heterocycles. The highest BCUT2D eigenvalue weighted by molar-refractivity contribution is 5.87. The lowest BCUT2D eigenvalue weighted by atomic mass is 10.0. The number of ether oxygens (including phenoxy) is 2. The van der Waals surface area contributed by atoms with Crippen molar-refractivity contribution in [3.8, 4) is 5.75 Å². The third-order valence-corrected chi connectivity index (χ3v) is 3.37. The highest BCUT2D eigenvalue weighted by Crippen LogP contribution is 2.27. The van der Waals surface area contributed by atoms with Crippen molar-refractivity contribution in [3.05, 3.63) is 42.0 Å². The van der Waals surface area contributed by atoms with Gasteiger partial charge in [-0.1, -0.05) is 30.3 Å². The molecule has 1 atom stereocenters. The van der Waals surface area contributed by atoms with E-state index in [9.17, 15) is 5.11 Å². The second-order valence-electron chi connectivity index (χ2n) is 4.68. The molecule has 0 saturated heterocycles. The Morgan fingerprint density at radius 1 is 1.15 bits per heavy atom. The number of aliphatic hydroxyl groups excluding tert-OH is 1.